The number of fused-ring (bicyclic) bond motifs is 1. The summed E-state index contributed by atoms with van der Waals surface area (Å²) in [4.78, 5) is 41.4. The molecule has 1 aromatic heterocycles. The van der Waals surface area contributed by atoms with E-state index in [0.717, 1.165) is 10.9 Å². The molecule has 2 atom stereocenters. The Hall–Kier alpha value is -2.55. The Kier molecular flexibility index (Phi) is 8.07. The van der Waals surface area contributed by atoms with Gasteiger partial charge in [-0.3, -0.25) is 14.4 Å². The fourth-order valence-electron chi connectivity index (χ4n) is 3.08. The largest absolute Gasteiger partial charge is 0.361 e. The van der Waals surface area contributed by atoms with Crippen LogP contribution in [0.25, 0.3) is 10.9 Å². The van der Waals surface area contributed by atoms with Gasteiger partial charge in [0.15, 0.2) is 0 Å². The summed E-state index contributed by atoms with van der Waals surface area (Å²) in [6.07, 6.45) is 4.33. The molecule has 0 saturated carbocycles. The van der Waals surface area contributed by atoms with Crippen LogP contribution in [0, 0.1) is 5.82 Å². The number of nitrogens with zero attached hydrogens (tertiary/aromatic N) is 1. The fraction of sp³-hybridized carbons (Fsp3) is 0.450. The Morgan fingerprint density at radius 3 is 2.55 bits per heavy atom. The summed E-state index contributed by atoms with van der Waals surface area (Å²) in [5, 5.41) is 6.21. The minimum atomic E-state index is -0.858. The fourth-order valence-corrected chi connectivity index (χ4v) is 3.55. The molecule has 0 aliphatic rings. The molecule has 1 aromatic carbocycles. The standard InChI is InChI=1S/C20H27FN4O3S/c1-12(26)23-18(9-13-11-22-17-10-14(21)5-6-15(13)17)19(27)24-16(7-8-29-4)20(28)25(2)3/h5-6,10-11,16,18,22H,7-9H2,1-4H3,(H,23,26)(H,24,27)/t16-,18?/m0/s1. The van der Waals surface area contributed by atoms with Gasteiger partial charge >= 0.3 is 0 Å². The number of hydrogen-bond donors (Lipinski definition) is 3. The molecule has 0 aliphatic heterocycles. The van der Waals surface area contributed by atoms with Crippen molar-refractivity contribution in [1.29, 1.82) is 0 Å². The van der Waals surface area contributed by atoms with Crippen LogP contribution in [0.3, 0.4) is 0 Å². The summed E-state index contributed by atoms with van der Waals surface area (Å²) in [6.45, 7) is 1.33. The van der Waals surface area contributed by atoms with Gasteiger partial charge in [-0.25, -0.2) is 4.39 Å². The average Bonchev–Trinajstić information content (AvgIpc) is 3.05. The van der Waals surface area contributed by atoms with Crippen molar-refractivity contribution in [3.05, 3.63) is 35.8 Å². The number of carbonyl (C=O) groups excluding carboxylic acids is 3. The van der Waals surface area contributed by atoms with Crippen LogP contribution in [0.5, 0.6) is 0 Å². The van der Waals surface area contributed by atoms with Crippen molar-refractivity contribution >= 4 is 40.4 Å². The SMILES string of the molecule is CSCC[C@H](NC(=O)C(Cc1c[nH]c2cc(F)ccc12)NC(C)=O)C(=O)N(C)C. The second kappa shape index (κ2) is 10.3. The summed E-state index contributed by atoms with van der Waals surface area (Å²) < 4.78 is 13.4. The van der Waals surface area contributed by atoms with Crippen LogP contribution in [0.1, 0.15) is 18.9 Å². The number of amides is 3. The monoisotopic (exact) mass is 422 g/mol. The van der Waals surface area contributed by atoms with Crippen molar-refractivity contribution in [2.45, 2.75) is 31.8 Å². The van der Waals surface area contributed by atoms with Crippen LogP contribution in [-0.4, -0.2) is 65.8 Å². The summed E-state index contributed by atoms with van der Waals surface area (Å²) in [7, 11) is 3.27. The number of halogens is 1. The third-order valence-electron chi connectivity index (χ3n) is 4.51. The van der Waals surface area contributed by atoms with Crippen molar-refractivity contribution in [2.75, 3.05) is 26.1 Å². The van der Waals surface area contributed by atoms with Crippen LogP contribution in [0.4, 0.5) is 4.39 Å². The van der Waals surface area contributed by atoms with E-state index in [9.17, 15) is 18.8 Å². The summed E-state index contributed by atoms with van der Waals surface area (Å²) in [6, 6.07) is 2.83. The van der Waals surface area contributed by atoms with Crippen LogP contribution in [0.15, 0.2) is 24.4 Å². The van der Waals surface area contributed by atoms with Crippen LogP contribution < -0.4 is 10.6 Å². The first-order chi connectivity index (χ1) is 13.7. The van der Waals surface area contributed by atoms with E-state index in [1.54, 1.807) is 38.1 Å². The van der Waals surface area contributed by atoms with E-state index in [0.29, 0.717) is 17.7 Å². The van der Waals surface area contributed by atoms with Gasteiger partial charge in [0.2, 0.25) is 17.7 Å². The van der Waals surface area contributed by atoms with Gasteiger partial charge in [-0.2, -0.15) is 11.8 Å². The van der Waals surface area contributed by atoms with Gasteiger partial charge in [0.05, 0.1) is 0 Å². The molecule has 0 radical (unpaired) electrons. The number of aromatic nitrogens is 1. The lowest BCUT2D eigenvalue weighted by Crippen LogP contribution is -2.54. The van der Waals surface area contributed by atoms with Gasteiger partial charge in [-0.1, -0.05) is 0 Å². The molecule has 1 heterocycles. The number of aromatic amines is 1. The average molecular weight is 423 g/mol. The van der Waals surface area contributed by atoms with E-state index < -0.39 is 18.0 Å². The first kappa shape index (κ1) is 22.7. The molecular weight excluding hydrogens is 395 g/mol. The van der Waals surface area contributed by atoms with Gasteiger partial charge in [0, 0.05) is 44.5 Å². The molecule has 0 bridgehead atoms. The van der Waals surface area contributed by atoms with Gasteiger partial charge in [0.1, 0.15) is 17.9 Å². The molecule has 29 heavy (non-hydrogen) atoms. The minimum absolute atomic E-state index is 0.198. The maximum Gasteiger partial charge on any atom is 0.244 e. The van der Waals surface area contributed by atoms with Gasteiger partial charge in [0.25, 0.3) is 0 Å². The third kappa shape index (κ3) is 6.22. The lowest BCUT2D eigenvalue weighted by atomic mass is 10.0. The van der Waals surface area contributed by atoms with Crippen molar-refractivity contribution in [1.82, 2.24) is 20.5 Å². The minimum Gasteiger partial charge on any atom is -0.361 e. The first-order valence-electron chi connectivity index (χ1n) is 9.26. The Morgan fingerprint density at radius 2 is 1.93 bits per heavy atom. The predicted octanol–water partition coefficient (Wildman–Crippen LogP) is 1.68. The topological polar surface area (TPSA) is 94.3 Å². The highest BCUT2D eigenvalue weighted by Gasteiger charge is 2.27. The summed E-state index contributed by atoms with van der Waals surface area (Å²) >= 11 is 1.59. The molecule has 3 amide bonds. The summed E-state index contributed by atoms with van der Waals surface area (Å²) in [5.41, 5.74) is 1.39. The molecule has 1 unspecified atom stereocenters. The highest BCUT2D eigenvalue weighted by molar-refractivity contribution is 7.98. The maximum atomic E-state index is 13.4. The van der Waals surface area contributed by atoms with E-state index >= 15 is 0 Å². The molecule has 2 aromatic rings. The van der Waals surface area contributed by atoms with Crippen molar-refractivity contribution in [2.24, 2.45) is 0 Å². The molecule has 7 nitrogen and oxygen atoms in total. The number of likely N-dealkylation sites (N-methyl/N-ethyl adjacent to an activating group) is 1. The Bertz CT molecular complexity index is 884. The molecule has 3 N–H and O–H groups in total. The van der Waals surface area contributed by atoms with Crippen molar-refractivity contribution in [3.8, 4) is 0 Å². The Morgan fingerprint density at radius 1 is 1.21 bits per heavy atom. The molecule has 0 fully saturated rings. The molecule has 9 heteroatoms. The third-order valence-corrected chi connectivity index (χ3v) is 5.16. The smallest absolute Gasteiger partial charge is 0.244 e. The van der Waals surface area contributed by atoms with E-state index in [4.69, 9.17) is 0 Å². The Balaban J connectivity index is 2.21. The van der Waals surface area contributed by atoms with Gasteiger partial charge in [-0.05, 0) is 42.2 Å². The van der Waals surface area contributed by atoms with Gasteiger partial charge in [-0.15, -0.1) is 0 Å². The lowest BCUT2D eigenvalue weighted by molar-refractivity contribution is -0.135. The molecule has 0 spiro atoms. The number of nitrogens with one attached hydrogen (secondary N) is 3. The molecule has 0 saturated heterocycles. The highest BCUT2D eigenvalue weighted by atomic mass is 32.2. The van der Waals surface area contributed by atoms with Crippen LogP contribution >= 0.6 is 11.8 Å². The zero-order chi connectivity index (χ0) is 21.6. The molecular formula is C20H27FN4O3S. The quantitative estimate of drug-likeness (QED) is 0.573. The zero-order valence-corrected chi connectivity index (χ0v) is 17.9. The van der Waals surface area contributed by atoms with E-state index in [1.165, 1.54) is 24.0 Å². The van der Waals surface area contributed by atoms with E-state index in [1.807, 2.05) is 6.26 Å². The second-order valence-corrected chi connectivity index (χ2v) is 8.02. The van der Waals surface area contributed by atoms with Crippen LogP contribution in [-0.2, 0) is 20.8 Å². The Labute approximate surface area is 173 Å². The number of H-pyrrole nitrogens is 1. The summed E-state index contributed by atoms with van der Waals surface area (Å²) in [5.74, 6) is -0.630. The van der Waals surface area contributed by atoms with Crippen molar-refractivity contribution in [3.63, 3.8) is 0 Å². The second-order valence-electron chi connectivity index (χ2n) is 7.04. The van der Waals surface area contributed by atoms with E-state index in [-0.39, 0.29) is 24.1 Å². The zero-order valence-electron chi connectivity index (χ0n) is 17.0. The molecule has 2 rings (SSSR count). The number of benzene rings is 1. The predicted molar refractivity (Wildman–Crippen MR) is 113 cm³/mol. The molecule has 0 aliphatic carbocycles. The molecule has 158 valence electrons. The van der Waals surface area contributed by atoms with Gasteiger partial charge < -0.3 is 20.5 Å². The van der Waals surface area contributed by atoms with Crippen LogP contribution in [0.2, 0.25) is 0 Å². The number of hydrogen-bond acceptors (Lipinski definition) is 4. The van der Waals surface area contributed by atoms with Crippen molar-refractivity contribution < 1.29 is 18.8 Å². The maximum absolute atomic E-state index is 13.4. The number of carbonyl (C=O) groups is 3. The number of rotatable bonds is 9. The lowest BCUT2D eigenvalue weighted by Gasteiger charge is -2.24. The van der Waals surface area contributed by atoms with E-state index in [2.05, 4.69) is 15.6 Å². The highest BCUT2D eigenvalue weighted by Crippen LogP contribution is 2.20. The number of thioether (sulfide) groups is 1. The first-order valence-corrected chi connectivity index (χ1v) is 10.7. The normalized spacial score (nSPS) is 13.0.